The molecule has 1 amide bonds. The molecule has 23 heavy (non-hydrogen) atoms. The lowest BCUT2D eigenvalue weighted by atomic mass is 9.96. The van der Waals surface area contributed by atoms with E-state index in [1.807, 2.05) is 24.3 Å². The number of benzene rings is 1. The minimum absolute atomic E-state index is 0.0524. The third kappa shape index (κ3) is 3.67. The highest BCUT2D eigenvalue weighted by atomic mass is 16.1. The molecule has 1 aromatic carbocycles. The van der Waals surface area contributed by atoms with Gasteiger partial charge in [-0.1, -0.05) is 6.07 Å². The second-order valence-corrected chi connectivity index (χ2v) is 6.10. The van der Waals surface area contributed by atoms with Gasteiger partial charge in [0.15, 0.2) is 0 Å². The van der Waals surface area contributed by atoms with Crippen LogP contribution in [0.4, 0.5) is 11.6 Å². The fourth-order valence-corrected chi connectivity index (χ4v) is 2.86. The van der Waals surface area contributed by atoms with Gasteiger partial charge in [0.25, 0.3) is 0 Å². The first kappa shape index (κ1) is 15.5. The third-order valence-corrected chi connectivity index (χ3v) is 4.48. The van der Waals surface area contributed by atoms with Gasteiger partial charge in [0.05, 0.1) is 0 Å². The molecule has 1 aliphatic heterocycles. The Balaban J connectivity index is 1.57. The van der Waals surface area contributed by atoms with Gasteiger partial charge in [0.1, 0.15) is 0 Å². The Morgan fingerprint density at radius 1 is 1.13 bits per heavy atom. The van der Waals surface area contributed by atoms with Crippen molar-refractivity contribution < 1.29 is 4.79 Å². The van der Waals surface area contributed by atoms with Gasteiger partial charge < -0.3 is 10.2 Å². The molecule has 0 unspecified atom stereocenters. The molecule has 1 fully saturated rings. The molecule has 1 aromatic heterocycles. The average molecular weight is 310 g/mol. The Kier molecular flexibility index (Phi) is 4.55. The molecule has 0 saturated carbocycles. The van der Waals surface area contributed by atoms with Crippen LogP contribution in [0.1, 0.15) is 24.0 Å². The molecule has 0 spiro atoms. The fraction of sp³-hybridized carbons (Fsp3) is 0.389. The van der Waals surface area contributed by atoms with Crippen LogP contribution in [-0.4, -0.2) is 29.0 Å². The van der Waals surface area contributed by atoms with Gasteiger partial charge >= 0.3 is 0 Å². The molecular weight excluding hydrogens is 288 g/mol. The van der Waals surface area contributed by atoms with Crippen molar-refractivity contribution >= 4 is 17.5 Å². The largest absolute Gasteiger partial charge is 0.341 e. The second-order valence-electron chi connectivity index (χ2n) is 6.10. The minimum Gasteiger partial charge on any atom is -0.341 e. The Hall–Kier alpha value is -2.43. The van der Waals surface area contributed by atoms with Crippen LogP contribution in [-0.2, 0) is 4.79 Å². The van der Waals surface area contributed by atoms with E-state index in [-0.39, 0.29) is 11.8 Å². The zero-order chi connectivity index (χ0) is 16.2. The van der Waals surface area contributed by atoms with Crippen LogP contribution in [0.5, 0.6) is 0 Å². The summed E-state index contributed by atoms with van der Waals surface area (Å²) < 4.78 is 0. The lowest BCUT2D eigenvalue weighted by Crippen LogP contribution is -2.39. The first-order valence-corrected chi connectivity index (χ1v) is 8.03. The number of nitrogens with one attached hydrogen (secondary N) is 1. The smallest absolute Gasteiger partial charge is 0.227 e. The number of aryl methyl sites for hydroxylation is 2. The Bertz CT molecular complexity index is 679. The van der Waals surface area contributed by atoms with Gasteiger partial charge in [0.2, 0.25) is 11.9 Å². The van der Waals surface area contributed by atoms with Crippen molar-refractivity contribution in [3.05, 3.63) is 47.8 Å². The Morgan fingerprint density at radius 2 is 1.83 bits per heavy atom. The number of hydrogen-bond acceptors (Lipinski definition) is 4. The predicted octanol–water partition coefficient (Wildman–Crippen LogP) is 2.95. The standard InChI is InChI=1S/C18H22N4O/c1-13-4-5-16(12-14(13)2)21-17(23)15-6-10-22(11-7-15)18-19-8-3-9-20-18/h3-5,8-9,12,15H,6-7,10-11H2,1-2H3,(H,21,23). The zero-order valence-electron chi connectivity index (χ0n) is 13.6. The van der Waals surface area contributed by atoms with E-state index in [1.165, 1.54) is 11.1 Å². The number of aromatic nitrogens is 2. The summed E-state index contributed by atoms with van der Waals surface area (Å²) in [4.78, 5) is 23.1. The summed E-state index contributed by atoms with van der Waals surface area (Å²) in [5, 5.41) is 3.05. The molecule has 3 rings (SSSR count). The summed E-state index contributed by atoms with van der Waals surface area (Å²) in [6, 6.07) is 7.85. The summed E-state index contributed by atoms with van der Waals surface area (Å²) >= 11 is 0. The van der Waals surface area contributed by atoms with Gasteiger partial charge in [-0.25, -0.2) is 9.97 Å². The maximum absolute atomic E-state index is 12.4. The molecule has 0 atom stereocenters. The summed E-state index contributed by atoms with van der Waals surface area (Å²) in [6.45, 7) is 5.76. The lowest BCUT2D eigenvalue weighted by Gasteiger charge is -2.31. The number of rotatable bonds is 3. The van der Waals surface area contributed by atoms with E-state index in [9.17, 15) is 4.79 Å². The fourth-order valence-electron chi connectivity index (χ4n) is 2.86. The average Bonchev–Trinajstić information content (AvgIpc) is 2.59. The van der Waals surface area contributed by atoms with Gasteiger partial charge in [-0.2, -0.15) is 0 Å². The van der Waals surface area contributed by atoms with Gasteiger partial charge in [0, 0.05) is 37.1 Å². The lowest BCUT2D eigenvalue weighted by molar-refractivity contribution is -0.120. The van der Waals surface area contributed by atoms with Crippen LogP contribution in [0.15, 0.2) is 36.7 Å². The van der Waals surface area contributed by atoms with E-state index in [0.717, 1.165) is 37.6 Å². The molecule has 120 valence electrons. The molecule has 1 saturated heterocycles. The first-order valence-electron chi connectivity index (χ1n) is 8.03. The third-order valence-electron chi connectivity index (χ3n) is 4.48. The van der Waals surface area contributed by atoms with Crippen molar-refractivity contribution in [1.82, 2.24) is 9.97 Å². The van der Waals surface area contributed by atoms with Crippen molar-refractivity contribution in [2.24, 2.45) is 5.92 Å². The zero-order valence-corrected chi connectivity index (χ0v) is 13.6. The van der Waals surface area contributed by atoms with Gasteiger partial charge in [-0.3, -0.25) is 4.79 Å². The van der Waals surface area contributed by atoms with Crippen LogP contribution in [0, 0.1) is 19.8 Å². The topological polar surface area (TPSA) is 58.1 Å². The number of amides is 1. The molecular formula is C18H22N4O. The van der Waals surface area contributed by atoms with Crippen LogP contribution in [0.25, 0.3) is 0 Å². The number of carbonyl (C=O) groups is 1. The van der Waals surface area contributed by atoms with E-state index < -0.39 is 0 Å². The highest BCUT2D eigenvalue weighted by Gasteiger charge is 2.26. The van der Waals surface area contributed by atoms with E-state index in [2.05, 4.69) is 34.0 Å². The molecule has 1 aliphatic rings. The minimum atomic E-state index is 0.0524. The van der Waals surface area contributed by atoms with E-state index in [1.54, 1.807) is 12.4 Å². The van der Waals surface area contributed by atoms with Crippen molar-refractivity contribution in [2.45, 2.75) is 26.7 Å². The molecule has 2 aromatic rings. The van der Waals surface area contributed by atoms with Gasteiger partial charge in [-0.15, -0.1) is 0 Å². The quantitative estimate of drug-likeness (QED) is 0.947. The number of nitrogens with zero attached hydrogens (tertiary/aromatic N) is 3. The van der Waals surface area contributed by atoms with Crippen molar-refractivity contribution in [1.29, 1.82) is 0 Å². The second kappa shape index (κ2) is 6.77. The summed E-state index contributed by atoms with van der Waals surface area (Å²) in [5.74, 6) is 0.916. The highest BCUT2D eigenvalue weighted by Crippen LogP contribution is 2.22. The monoisotopic (exact) mass is 310 g/mol. The van der Waals surface area contributed by atoms with Crippen LogP contribution < -0.4 is 10.2 Å². The highest BCUT2D eigenvalue weighted by molar-refractivity contribution is 5.92. The van der Waals surface area contributed by atoms with Crippen LogP contribution in [0.2, 0.25) is 0 Å². The number of carbonyl (C=O) groups excluding carboxylic acids is 1. The summed E-state index contributed by atoms with van der Waals surface area (Å²) in [7, 11) is 0. The van der Waals surface area contributed by atoms with Gasteiger partial charge in [-0.05, 0) is 56.0 Å². The number of anilines is 2. The first-order chi connectivity index (χ1) is 11.1. The maximum Gasteiger partial charge on any atom is 0.227 e. The van der Waals surface area contributed by atoms with E-state index in [4.69, 9.17) is 0 Å². The van der Waals surface area contributed by atoms with Crippen LogP contribution >= 0.6 is 0 Å². The SMILES string of the molecule is Cc1ccc(NC(=O)C2CCN(c3ncccn3)CC2)cc1C. The molecule has 5 heteroatoms. The van der Waals surface area contributed by atoms with E-state index in [0.29, 0.717) is 0 Å². The Morgan fingerprint density at radius 3 is 2.48 bits per heavy atom. The molecule has 2 heterocycles. The maximum atomic E-state index is 12.4. The molecule has 0 radical (unpaired) electrons. The summed E-state index contributed by atoms with van der Waals surface area (Å²) in [6.07, 6.45) is 5.16. The normalized spacial score (nSPS) is 15.5. The Labute approximate surface area is 136 Å². The molecule has 1 N–H and O–H groups in total. The van der Waals surface area contributed by atoms with E-state index >= 15 is 0 Å². The van der Waals surface area contributed by atoms with Crippen molar-refractivity contribution in [2.75, 3.05) is 23.3 Å². The molecule has 0 bridgehead atoms. The van der Waals surface area contributed by atoms with Crippen molar-refractivity contribution in [3.8, 4) is 0 Å². The van der Waals surface area contributed by atoms with Crippen LogP contribution in [0.3, 0.4) is 0 Å². The number of piperidine rings is 1. The molecule has 5 nitrogen and oxygen atoms in total. The predicted molar refractivity (Wildman–Crippen MR) is 91.5 cm³/mol. The summed E-state index contributed by atoms with van der Waals surface area (Å²) in [5.41, 5.74) is 3.31. The van der Waals surface area contributed by atoms with Crippen molar-refractivity contribution in [3.63, 3.8) is 0 Å². The number of hydrogen-bond donors (Lipinski definition) is 1. The molecule has 0 aliphatic carbocycles.